The zero-order valence-electron chi connectivity index (χ0n) is 11.0. The molecule has 1 aromatic heterocycles. The molecular weight excluding hydrogens is 302 g/mol. The summed E-state index contributed by atoms with van der Waals surface area (Å²) in [5.74, 6) is -0.0255. The molecule has 21 heavy (non-hydrogen) atoms. The number of allylic oxidation sites excluding steroid dienone is 1. The molecule has 0 aliphatic carbocycles. The highest BCUT2D eigenvalue weighted by molar-refractivity contribution is 8.14. The van der Waals surface area contributed by atoms with E-state index in [2.05, 4.69) is 5.10 Å². The molecule has 1 atom stereocenters. The molecule has 0 saturated carbocycles. The molecule has 2 heterocycles. The number of nitrogens with two attached hydrogens (primary N) is 1. The molecule has 2 N–H and O–H groups in total. The summed E-state index contributed by atoms with van der Waals surface area (Å²) in [5, 5.41) is 8.33. The van der Waals surface area contributed by atoms with Gasteiger partial charge in [0.1, 0.15) is 5.37 Å². The number of carbonyl (C=O) groups excluding carboxylic acids is 1. The van der Waals surface area contributed by atoms with E-state index in [-0.39, 0.29) is 11.2 Å². The van der Waals surface area contributed by atoms with E-state index in [1.165, 1.54) is 29.2 Å². The Hall–Kier alpha value is -2.05. The number of ketones is 1. The number of hydrogen-bond donors (Lipinski definition) is 1. The normalized spacial score (nSPS) is 18.2. The van der Waals surface area contributed by atoms with Gasteiger partial charge in [0.05, 0.1) is 4.88 Å². The lowest BCUT2D eigenvalue weighted by Gasteiger charge is -2.18. The van der Waals surface area contributed by atoms with Gasteiger partial charge in [0, 0.05) is 12.3 Å². The van der Waals surface area contributed by atoms with Gasteiger partial charge in [-0.25, -0.2) is 0 Å². The number of nitrogens with zero attached hydrogens (tertiary/aromatic N) is 2. The Morgan fingerprint density at radius 1 is 1.24 bits per heavy atom. The number of benzene rings is 1. The molecule has 1 unspecified atom stereocenters. The predicted molar refractivity (Wildman–Crippen MR) is 88.0 cm³/mol. The molecular formula is C15H13N3OS2. The maximum Gasteiger partial charge on any atom is 0.197 e. The molecule has 1 aliphatic rings. The summed E-state index contributed by atoms with van der Waals surface area (Å²) in [6, 6.07) is 13.6. The quantitative estimate of drug-likeness (QED) is 0.694. The Morgan fingerprint density at radius 2 is 2.05 bits per heavy atom. The predicted octanol–water partition coefficient (Wildman–Crippen LogP) is 3.42. The van der Waals surface area contributed by atoms with E-state index in [9.17, 15) is 4.79 Å². The van der Waals surface area contributed by atoms with Crippen LogP contribution in [0.5, 0.6) is 0 Å². The maximum atomic E-state index is 12.0. The molecule has 1 aliphatic heterocycles. The van der Waals surface area contributed by atoms with E-state index in [1.807, 2.05) is 47.8 Å². The van der Waals surface area contributed by atoms with Gasteiger partial charge in [-0.3, -0.25) is 9.80 Å². The Morgan fingerprint density at radius 3 is 2.76 bits per heavy atom. The summed E-state index contributed by atoms with van der Waals surface area (Å²) in [6.07, 6.45) is 3.22. The molecule has 0 spiro atoms. The number of thioether (sulfide) groups is 1. The van der Waals surface area contributed by atoms with Gasteiger partial charge in [-0.15, -0.1) is 16.4 Å². The van der Waals surface area contributed by atoms with E-state index in [1.54, 1.807) is 11.2 Å². The van der Waals surface area contributed by atoms with Gasteiger partial charge in [-0.1, -0.05) is 48.2 Å². The van der Waals surface area contributed by atoms with Crippen LogP contribution in [0.1, 0.15) is 20.6 Å². The van der Waals surface area contributed by atoms with Crippen LogP contribution in [0.4, 0.5) is 0 Å². The third kappa shape index (κ3) is 3.17. The molecule has 2 aromatic rings. The minimum absolute atomic E-state index is 0.0255. The second-order valence-electron chi connectivity index (χ2n) is 4.36. The van der Waals surface area contributed by atoms with Crippen LogP contribution in [0.25, 0.3) is 0 Å². The monoisotopic (exact) mass is 315 g/mol. The molecule has 6 heteroatoms. The number of carbonyl (C=O) groups is 1. The van der Waals surface area contributed by atoms with Crippen molar-refractivity contribution >= 4 is 34.0 Å². The number of thiophene rings is 1. The van der Waals surface area contributed by atoms with Crippen molar-refractivity contribution in [3.05, 3.63) is 70.6 Å². The minimum atomic E-state index is -0.0291. The van der Waals surface area contributed by atoms with Crippen molar-refractivity contribution in [1.82, 2.24) is 5.01 Å². The Bertz CT molecular complexity index is 680. The van der Waals surface area contributed by atoms with Crippen LogP contribution < -0.4 is 5.73 Å². The number of hydrogen-bond acceptors (Lipinski definition) is 6. The average Bonchev–Trinajstić information content (AvgIpc) is 3.15. The van der Waals surface area contributed by atoms with E-state index < -0.39 is 0 Å². The van der Waals surface area contributed by atoms with Crippen molar-refractivity contribution in [2.75, 3.05) is 0 Å². The van der Waals surface area contributed by atoms with E-state index in [0.29, 0.717) is 10.0 Å². The molecule has 106 valence electrons. The van der Waals surface area contributed by atoms with Gasteiger partial charge >= 0.3 is 0 Å². The molecule has 0 fully saturated rings. The summed E-state index contributed by atoms with van der Waals surface area (Å²) in [5.41, 5.74) is 6.91. The van der Waals surface area contributed by atoms with Crippen molar-refractivity contribution in [3.63, 3.8) is 0 Å². The third-order valence-corrected chi connectivity index (χ3v) is 4.83. The van der Waals surface area contributed by atoms with Crippen molar-refractivity contribution in [2.45, 2.75) is 5.37 Å². The third-order valence-electron chi connectivity index (χ3n) is 2.91. The minimum Gasteiger partial charge on any atom is -0.377 e. The molecule has 3 rings (SSSR count). The van der Waals surface area contributed by atoms with Crippen LogP contribution in [0.15, 0.2) is 65.2 Å². The zero-order valence-corrected chi connectivity index (χ0v) is 12.7. The first-order valence-electron chi connectivity index (χ1n) is 6.34. The van der Waals surface area contributed by atoms with Gasteiger partial charge in [-0.05, 0) is 17.0 Å². The summed E-state index contributed by atoms with van der Waals surface area (Å²) >= 11 is 2.90. The van der Waals surface area contributed by atoms with Crippen LogP contribution in [-0.2, 0) is 0 Å². The standard InChI is InChI=1S/C15H13N3OS2/c16-15-17-18(9-8-12(19)13-7-4-10-20-13)14(21-15)11-5-2-1-3-6-11/h1-10,14H,(H2,16,17). The number of hydrazone groups is 1. The maximum absolute atomic E-state index is 12.0. The van der Waals surface area contributed by atoms with Crippen molar-refractivity contribution in [3.8, 4) is 0 Å². The SMILES string of the molecule is NC1=NN(C=CC(=O)c2cccs2)C(c2ccccc2)S1. The highest BCUT2D eigenvalue weighted by Gasteiger charge is 2.26. The van der Waals surface area contributed by atoms with Crippen molar-refractivity contribution in [1.29, 1.82) is 0 Å². The zero-order chi connectivity index (χ0) is 14.7. The van der Waals surface area contributed by atoms with Crippen LogP contribution in [0.2, 0.25) is 0 Å². The smallest absolute Gasteiger partial charge is 0.197 e. The lowest BCUT2D eigenvalue weighted by Crippen LogP contribution is -2.11. The van der Waals surface area contributed by atoms with Gasteiger partial charge < -0.3 is 5.73 Å². The van der Waals surface area contributed by atoms with Crippen LogP contribution in [0, 0.1) is 0 Å². The molecule has 4 nitrogen and oxygen atoms in total. The second kappa shape index (κ2) is 6.15. The van der Waals surface area contributed by atoms with Gasteiger partial charge in [0.15, 0.2) is 11.0 Å². The Kier molecular flexibility index (Phi) is 4.08. The lowest BCUT2D eigenvalue weighted by atomic mass is 10.2. The van der Waals surface area contributed by atoms with Crippen molar-refractivity contribution < 1.29 is 4.79 Å². The lowest BCUT2D eigenvalue weighted by molar-refractivity contribution is 0.104. The average molecular weight is 315 g/mol. The highest BCUT2D eigenvalue weighted by Crippen LogP contribution is 2.37. The van der Waals surface area contributed by atoms with Crippen molar-refractivity contribution in [2.24, 2.45) is 10.8 Å². The first-order valence-corrected chi connectivity index (χ1v) is 8.10. The van der Waals surface area contributed by atoms with Gasteiger partial charge in [-0.2, -0.15) is 0 Å². The summed E-state index contributed by atoms with van der Waals surface area (Å²) in [4.78, 5) is 12.7. The summed E-state index contributed by atoms with van der Waals surface area (Å²) < 4.78 is 0. The first-order chi connectivity index (χ1) is 10.2. The van der Waals surface area contributed by atoms with Crippen LogP contribution in [-0.4, -0.2) is 16.0 Å². The second-order valence-corrected chi connectivity index (χ2v) is 6.40. The first kappa shape index (κ1) is 13.9. The summed E-state index contributed by atoms with van der Waals surface area (Å²) in [7, 11) is 0. The molecule has 0 saturated heterocycles. The molecule has 0 amide bonds. The van der Waals surface area contributed by atoms with Gasteiger partial charge in [0.2, 0.25) is 0 Å². The molecule has 1 aromatic carbocycles. The summed E-state index contributed by atoms with van der Waals surface area (Å²) in [6.45, 7) is 0. The fourth-order valence-corrected chi connectivity index (χ4v) is 3.49. The largest absolute Gasteiger partial charge is 0.377 e. The fraction of sp³-hybridized carbons (Fsp3) is 0.0667. The number of rotatable bonds is 4. The van der Waals surface area contributed by atoms with E-state index in [0.717, 1.165) is 5.56 Å². The fourth-order valence-electron chi connectivity index (χ4n) is 1.95. The molecule has 0 bridgehead atoms. The highest BCUT2D eigenvalue weighted by atomic mass is 32.2. The van der Waals surface area contributed by atoms with E-state index >= 15 is 0 Å². The number of amidine groups is 1. The van der Waals surface area contributed by atoms with Crippen LogP contribution in [0.3, 0.4) is 0 Å². The topological polar surface area (TPSA) is 58.7 Å². The molecule has 0 radical (unpaired) electrons. The Labute approximate surface area is 131 Å². The van der Waals surface area contributed by atoms with E-state index in [4.69, 9.17) is 5.73 Å². The Balaban J connectivity index is 1.78. The van der Waals surface area contributed by atoms with Crippen LogP contribution >= 0.6 is 23.1 Å². The van der Waals surface area contributed by atoms with Gasteiger partial charge in [0.25, 0.3) is 0 Å².